The highest BCUT2D eigenvalue weighted by Crippen LogP contribution is 2.46. The minimum absolute atomic E-state index is 0.0765. The van der Waals surface area contributed by atoms with E-state index in [9.17, 15) is 4.79 Å². The van der Waals surface area contributed by atoms with Crippen LogP contribution in [0.3, 0.4) is 0 Å². The smallest absolute Gasteiger partial charge is 0.195 e. The number of rotatable bonds is 2. The Balaban J connectivity index is 1.85. The number of fused-ring (bicyclic) bond motifs is 5. The topological polar surface area (TPSA) is 54.5 Å². The number of piperazine rings is 1. The Morgan fingerprint density at radius 1 is 1.04 bits per heavy atom. The fourth-order valence-corrected chi connectivity index (χ4v) is 3.99. The van der Waals surface area contributed by atoms with Crippen molar-refractivity contribution in [2.24, 2.45) is 0 Å². The second-order valence-electron chi connectivity index (χ2n) is 6.68. The van der Waals surface area contributed by atoms with Gasteiger partial charge in [-0.25, -0.2) is 4.98 Å². The lowest BCUT2D eigenvalue weighted by Crippen LogP contribution is -2.44. The van der Waals surface area contributed by atoms with E-state index in [1.54, 1.807) is 7.11 Å². The normalized spacial score (nSPS) is 15.9. The van der Waals surface area contributed by atoms with Crippen molar-refractivity contribution in [2.75, 3.05) is 38.2 Å². The van der Waals surface area contributed by atoms with Crippen LogP contribution in [0, 0.1) is 0 Å². The van der Waals surface area contributed by atoms with E-state index in [1.807, 2.05) is 42.5 Å². The van der Waals surface area contributed by atoms with E-state index < -0.39 is 0 Å². The molecule has 2 aromatic carbocycles. The molecule has 1 N–H and O–H groups in total. The van der Waals surface area contributed by atoms with Crippen molar-refractivity contribution in [1.82, 2.24) is 10.3 Å². The Kier molecular flexibility index (Phi) is 3.43. The first-order valence-electron chi connectivity index (χ1n) is 8.89. The van der Waals surface area contributed by atoms with Crippen molar-refractivity contribution in [3.8, 4) is 16.9 Å². The molecule has 0 bridgehead atoms. The van der Waals surface area contributed by atoms with E-state index in [1.165, 1.54) is 0 Å². The highest BCUT2D eigenvalue weighted by molar-refractivity contribution is 6.28. The minimum atomic E-state index is 0.0765. The summed E-state index contributed by atoms with van der Waals surface area (Å²) in [5, 5.41) is 4.30. The zero-order valence-corrected chi connectivity index (χ0v) is 14.6. The molecule has 5 rings (SSSR count). The second-order valence-corrected chi connectivity index (χ2v) is 6.68. The second kappa shape index (κ2) is 5.81. The van der Waals surface area contributed by atoms with Crippen LogP contribution in [0.1, 0.15) is 15.9 Å². The van der Waals surface area contributed by atoms with Gasteiger partial charge in [-0.05, 0) is 24.3 Å². The molecule has 1 aliphatic carbocycles. The molecule has 1 fully saturated rings. The first-order chi connectivity index (χ1) is 12.8. The number of ketones is 1. The maximum atomic E-state index is 13.2. The van der Waals surface area contributed by atoms with Gasteiger partial charge in [-0.2, -0.15) is 0 Å². The van der Waals surface area contributed by atoms with Crippen LogP contribution in [-0.2, 0) is 0 Å². The third-order valence-electron chi connectivity index (χ3n) is 5.26. The Morgan fingerprint density at radius 2 is 1.85 bits per heavy atom. The van der Waals surface area contributed by atoms with Crippen LogP contribution >= 0.6 is 0 Å². The number of aromatic nitrogens is 1. The molecule has 1 aliphatic heterocycles. The zero-order chi connectivity index (χ0) is 17.7. The number of nitrogens with one attached hydrogen (secondary N) is 1. The lowest BCUT2D eigenvalue weighted by atomic mass is 10.0. The van der Waals surface area contributed by atoms with Crippen molar-refractivity contribution in [1.29, 1.82) is 0 Å². The van der Waals surface area contributed by atoms with Crippen LogP contribution in [0.25, 0.3) is 22.0 Å². The summed E-state index contributed by atoms with van der Waals surface area (Å²) in [6.45, 7) is 3.60. The van der Waals surface area contributed by atoms with E-state index in [2.05, 4.69) is 10.2 Å². The summed E-state index contributed by atoms with van der Waals surface area (Å²) in [4.78, 5) is 20.5. The van der Waals surface area contributed by atoms with Crippen LogP contribution in [-0.4, -0.2) is 44.1 Å². The molecule has 1 saturated heterocycles. The summed E-state index contributed by atoms with van der Waals surface area (Å²) in [6.07, 6.45) is 0. The van der Waals surface area contributed by atoms with Gasteiger partial charge in [-0.1, -0.05) is 18.2 Å². The number of para-hydroxylation sites is 1. The van der Waals surface area contributed by atoms with Gasteiger partial charge in [0.15, 0.2) is 5.78 Å². The monoisotopic (exact) mass is 345 g/mol. The standard InChI is InChI=1S/C21H19N3O2/c1-26-13-6-7-14-16(12-13)19-18(20(14)25)15-4-2-3-5-17(15)23-21(19)24-10-8-22-9-11-24/h2-7,12,22H,8-11H2,1H3. The maximum absolute atomic E-state index is 13.2. The van der Waals surface area contributed by atoms with Gasteiger partial charge in [0.1, 0.15) is 11.6 Å². The molecule has 0 radical (unpaired) electrons. The summed E-state index contributed by atoms with van der Waals surface area (Å²) < 4.78 is 5.41. The average Bonchev–Trinajstić information content (AvgIpc) is 3.00. The number of nitrogens with zero attached hydrogens (tertiary/aromatic N) is 2. The summed E-state index contributed by atoms with van der Waals surface area (Å²) in [5.74, 6) is 1.73. The SMILES string of the molecule is COc1ccc2c(c1)-c1c(N3CCNCC3)nc3ccccc3c1C2=O. The summed E-state index contributed by atoms with van der Waals surface area (Å²) >= 11 is 0. The van der Waals surface area contributed by atoms with Crippen LogP contribution in [0.2, 0.25) is 0 Å². The molecule has 3 aromatic rings. The van der Waals surface area contributed by atoms with Gasteiger partial charge in [-0.3, -0.25) is 4.79 Å². The minimum Gasteiger partial charge on any atom is -0.497 e. The molecule has 26 heavy (non-hydrogen) atoms. The van der Waals surface area contributed by atoms with Gasteiger partial charge in [0.25, 0.3) is 0 Å². The number of benzene rings is 2. The third-order valence-corrected chi connectivity index (χ3v) is 5.26. The number of hydrogen-bond acceptors (Lipinski definition) is 5. The molecule has 0 saturated carbocycles. The number of methoxy groups -OCH3 is 1. The first kappa shape index (κ1) is 15.3. The zero-order valence-electron chi connectivity index (χ0n) is 14.6. The van der Waals surface area contributed by atoms with Crippen molar-refractivity contribution >= 4 is 22.5 Å². The molecule has 130 valence electrons. The Labute approximate surface area is 151 Å². The highest BCUT2D eigenvalue weighted by Gasteiger charge is 2.34. The largest absolute Gasteiger partial charge is 0.497 e. The third kappa shape index (κ3) is 2.14. The number of hydrogen-bond donors (Lipinski definition) is 1. The summed E-state index contributed by atoms with van der Waals surface area (Å²) in [7, 11) is 1.65. The predicted molar refractivity (Wildman–Crippen MR) is 102 cm³/mol. The molecule has 2 aliphatic rings. The van der Waals surface area contributed by atoms with E-state index in [-0.39, 0.29) is 5.78 Å². The van der Waals surface area contributed by atoms with Gasteiger partial charge in [0, 0.05) is 53.8 Å². The number of ether oxygens (including phenoxy) is 1. The Morgan fingerprint density at radius 3 is 2.65 bits per heavy atom. The molecule has 5 nitrogen and oxygen atoms in total. The van der Waals surface area contributed by atoms with Crippen LogP contribution < -0.4 is 15.0 Å². The predicted octanol–water partition coefficient (Wildman–Crippen LogP) is 2.86. The van der Waals surface area contributed by atoms with E-state index >= 15 is 0 Å². The van der Waals surface area contributed by atoms with Gasteiger partial charge in [0.2, 0.25) is 0 Å². The quantitative estimate of drug-likeness (QED) is 0.605. The molecule has 5 heteroatoms. The van der Waals surface area contributed by atoms with Crippen LogP contribution in [0.15, 0.2) is 42.5 Å². The van der Waals surface area contributed by atoms with Gasteiger partial charge in [-0.15, -0.1) is 0 Å². The lowest BCUT2D eigenvalue weighted by molar-refractivity contribution is 0.104. The average molecular weight is 345 g/mol. The Hall–Kier alpha value is -2.92. The molecule has 2 heterocycles. The first-order valence-corrected chi connectivity index (χ1v) is 8.89. The number of carbonyl (C=O) groups excluding carboxylic acids is 1. The summed E-state index contributed by atoms with van der Waals surface area (Å²) in [5.41, 5.74) is 4.25. The van der Waals surface area contributed by atoms with Gasteiger partial charge in [0.05, 0.1) is 12.6 Å². The fourth-order valence-electron chi connectivity index (χ4n) is 3.99. The van der Waals surface area contributed by atoms with Crippen LogP contribution in [0.4, 0.5) is 5.82 Å². The number of carbonyl (C=O) groups is 1. The number of pyridine rings is 1. The molecule has 0 amide bonds. The van der Waals surface area contributed by atoms with Crippen molar-refractivity contribution < 1.29 is 9.53 Å². The van der Waals surface area contributed by atoms with Gasteiger partial charge < -0.3 is 15.0 Å². The maximum Gasteiger partial charge on any atom is 0.195 e. The van der Waals surface area contributed by atoms with Crippen molar-refractivity contribution in [3.05, 3.63) is 53.6 Å². The summed E-state index contributed by atoms with van der Waals surface area (Å²) in [6, 6.07) is 13.6. The highest BCUT2D eigenvalue weighted by atomic mass is 16.5. The Bertz CT molecular complexity index is 1040. The van der Waals surface area contributed by atoms with E-state index in [4.69, 9.17) is 9.72 Å². The van der Waals surface area contributed by atoms with E-state index in [0.717, 1.165) is 70.9 Å². The van der Waals surface area contributed by atoms with Crippen molar-refractivity contribution in [3.63, 3.8) is 0 Å². The molecular weight excluding hydrogens is 326 g/mol. The van der Waals surface area contributed by atoms with E-state index in [0.29, 0.717) is 0 Å². The molecule has 0 atom stereocenters. The fraction of sp³-hybridized carbons (Fsp3) is 0.238. The van der Waals surface area contributed by atoms with Crippen molar-refractivity contribution in [2.45, 2.75) is 0 Å². The molecule has 0 unspecified atom stereocenters. The van der Waals surface area contributed by atoms with Gasteiger partial charge >= 0.3 is 0 Å². The molecular formula is C21H19N3O2. The number of anilines is 1. The molecule has 1 aromatic heterocycles. The van der Waals surface area contributed by atoms with Crippen LogP contribution in [0.5, 0.6) is 5.75 Å². The lowest BCUT2D eigenvalue weighted by Gasteiger charge is -2.30. The molecule has 0 spiro atoms.